The van der Waals surface area contributed by atoms with Crippen molar-refractivity contribution in [3.05, 3.63) is 47.4 Å². The molecular weight excluding hydrogens is 692 g/mol. The van der Waals surface area contributed by atoms with Gasteiger partial charge in [0.05, 0.1) is 40.1 Å². The predicted octanol–water partition coefficient (Wildman–Crippen LogP) is 8.16. The summed E-state index contributed by atoms with van der Waals surface area (Å²) in [5.41, 5.74) is 2.05. The highest BCUT2D eigenvalue weighted by atomic mass is 19.1. The summed E-state index contributed by atoms with van der Waals surface area (Å²) in [6.07, 6.45) is 5.60. The van der Waals surface area contributed by atoms with Crippen molar-refractivity contribution in [2.75, 3.05) is 13.1 Å². The number of piperidine rings is 1. The summed E-state index contributed by atoms with van der Waals surface area (Å²) >= 11 is 0. The minimum absolute atomic E-state index is 0.0190. The highest BCUT2D eigenvalue weighted by molar-refractivity contribution is 5.98. The summed E-state index contributed by atoms with van der Waals surface area (Å²) in [6.45, 7) is 12.0. The Morgan fingerprint density at radius 1 is 1.00 bits per heavy atom. The monoisotopic (exact) mass is 745 g/mol. The Kier molecular flexibility index (Phi) is 10.2. The summed E-state index contributed by atoms with van der Waals surface area (Å²) in [4.78, 5) is 51.1. The van der Waals surface area contributed by atoms with E-state index in [1.54, 1.807) is 20.8 Å². The van der Waals surface area contributed by atoms with Crippen molar-refractivity contribution in [1.82, 2.24) is 34.6 Å². The number of carbonyl (C=O) groups excluding carboxylic acids is 3. The van der Waals surface area contributed by atoms with E-state index in [1.165, 1.54) is 17.0 Å². The number of carbonyl (C=O) groups is 3. The van der Waals surface area contributed by atoms with Gasteiger partial charge in [0, 0.05) is 42.5 Å². The third kappa shape index (κ3) is 7.55. The Balaban J connectivity index is 1.24. The van der Waals surface area contributed by atoms with Crippen molar-refractivity contribution >= 4 is 40.0 Å². The van der Waals surface area contributed by atoms with E-state index < -0.39 is 41.0 Å². The van der Waals surface area contributed by atoms with Gasteiger partial charge in [-0.15, -0.1) is 0 Å². The number of amides is 3. The van der Waals surface area contributed by atoms with E-state index in [1.807, 2.05) is 32.9 Å². The number of pyridine rings is 1. The van der Waals surface area contributed by atoms with Gasteiger partial charge in [0.1, 0.15) is 23.2 Å². The molecule has 4 aromatic rings. The number of imidazole rings is 1. The standard InChI is InChI=1S/C41H53F2N7O4/c1-24-30-15-14-25-20-34(49(35(25)45-30)18-10-8-7-9-17-41(5,6)38(52)44-24)36-46-31-21-27(29(43)22-33(31)50(36)26-12-11-13-26)37(51)47-32-23-48(19-16-28(32)42)39(53)54-40(2,3)4/h14-15,20-22,24,26,28,32H,7-13,16-19,23H2,1-6H3,(H,44,52)(H,47,51)/t24-,28+,32+/m1/s1. The van der Waals surface area contributed by atoms with Crippen LogP contribution in [0.3, 0.4) is 0 Å². The lowest BCUT2D eigenvalue weighted by Gasteiger charge is -2.36. The molecule has 2 N–H and O–H groups in total. The Labute approximate surface area is 315 Å². The van der Waals surface area contributed by atoms with Crippen LogP contribution < -0.4 is 10.6 Å². The van der Waals surface area contributed by atoms with Crippen LogP contribution in [0.5, 0.6) is 0 Å². The zero-order chi connectivity index (χ0) is 38.5. The van der Waals surface area contributed by atoms with Crippen LogP contribution in [-0.4, -0.2) is 72.8 Å². The fourth-order valence-corrected chi connectivity index (χ4v) is 7.85. The fraction of sp³-hybridized carbons (Fsp3) is 0.585. The first-order valence-corrected chi connectivity index (χ1v) is 19.6. The molecule has 0 radical (unpaired) electrons. The summed E-state index contributed by atoms with van der Waals surface area (Å²) in [5, 5.41) is 6.78. The van der Waals surface area contributed by atoms with Crippen LogP contribution >= 0.6 is 0 Å². The molecule has 13 heteroatoms. The van der Waals surface area contributed by atoms with Gasteiger partial charge in [-0.3, -0.25) is 9.59 Å². The molecule has 5 heterocycles. The summed E-state index contributed by atoms with van der Waals surface area (Å²) < 4.78 is 40.9. The van der Waals surface area contributed by atoms with E-state index in [0.29, 0.717) is 23.4 Å². The van der Waals surface area contributed by atoms with Gasteiger partial charge in [-0.05, 0) is 90.5 Å². The highest BCUT2D eigenvalue weighted by Gasteiger charge is 2.36. The van der Waals surface area contributed by atoms with Crippen molar-refractivity contribution < 1.29 is 27.9 Å². The topological polar surface area (TPSA) is 123 Å². The SMILES string of the molecule is C[C@H]1NC(=O)C(C)(C)CCCCCCn2c(-c3nc4cc(C(=O)N[C@H]5CN(C(=O)OC(C)(C)C)CC[C@@H]5F)c(F)cc4n3C3CCC3)cc3ccc1nc32. The van der Waals surface area contributed by atoms with Crippen molar-refractivity contribution in [3.8, 4) is 11.5 Å². The zero-order valence-electron chi connectivity index (χ0n) is 32.3. The van der Waals surface area contributed by atoms with Crippen LogP contribution in [0.15, 0.2) is 30.3 Å². The molecule has 3 atom stereocenters. The average Bonchev–Trinajstić information content (AvgIpc) is 3.62. The van der Waals surface area contributed by atoms with Crippen LogP contribution in [-0.2, 0) is 16.1 Å². The molecule has 2 fully saturated rings. The van der Waals surface area contributed by atoms with Crippen LogP contribution in [0.2, 0.25) is 0 Å². The highest BCUT2D eigenvalue weighted by Crippen LogP contribution is 2.41. The number of halogens is 2. The van der Waals surface area contributed by atoms with Gasteiger partial charge in [0.2, 0.25) is 5.91 Å². The Bertz CT molecular complexity index is 2080. The Hall–Kier alpha value is -4.55. The molecule has 2 bridgehead atoms. The number of alkyl halides is 1. The van der Waals surface area contributed by atoms with Gasteiger partial charge in [-0.25, -0.2) is 23.5 Å². The lowest BCUT2D eigenvalue weighted by Crippen LogP contribution is -2.55. The number of hydrogen-bond donors (Lipinski definition) is 2. The van der Waals surface area contributed by atoms with Gasteiger partial charge < -0.3 is 29.4 Å². The molecule has 3 amide bonds. The molecule has 1 aromatic carbocycles. The van der Waals surface area contributed by atoms with Crippen molar-refractivity contribution in [3.63, 3.8) is 0 Å². The number of nitrogens with zero attached hydrogens (tertiary/aromatic N) is 5. The molecular formula is C41H53F2N7O4. The second kappa shape index (κ2) is 14.6. The number of benzene rings is 1. The summed E-state index contributed by atoms with van der Waals surface area (Å²) in [7, 11) is 0. The number of nitrogens with one attached hydrogen (secondary N) is 2. The van der Waals surface area contributed by atoms with Gasteiger partial charge in [0.15, 0.2) is 5.82 Å². The quantitative estimate of drug-likeness (QED) is 0.217. The Morgan fingerprint density at radius 2 is 1.76 bits per heavy atom. The molecule has 0 spiro atoms. The fourth-order valence-electron chi connectivity index (χ4n) is 7.85. The number of hydrogen-bond acceptors (Lipinski definition) is 6. The Morgan fingerprint density at radius 3 is 2.48 bits per heavy atom. The molecule has 3 aromatic heterocycles. The minimum atomic E-state index is -1.41. The van der Waals surface area contributed by atoms with Gasteiger partial charge in [-0.1, -0.05) is 33.1 Å². The molecule has 1 saturated carbocycles. The molecule has 7 rings (SSSR count). The molecule has 0 unspecified atom stereocenters. The average molecular weight is 746 g/mol. The number of aryl methyl sites for hydroxylation is 1. The third-order valence-electron chi connectivity index (χ3n) is 11.3. The van der Waals surface area contributed by atoms with Crippen LogP contribution in [0.25, 0.3) is 33.6 Å². The third-order valence-corrected chi connectivity index (χ3v) is 11.3. The molecule has 54 heavy (non-hydrogen) atoms. The number of likely N-dealkylation sites (tertiary alicyclic amines) is 1. The van der Waals surface area contributed by atoms with Gasteiger partial charge in [-0.2, -0.15) is 0 Å². The molecule has 290 valence electrons. The molecule has 3 aliphatic rings. The van der Waals surface area contributed by atoms with Crippen molar-refractivity contribution in [2.45, 2.75) is 136 Å². The maximum atomic E-state index is 16.0. The van der Waals surface area contributed by atoms with Crippen molar-refractivity contribution in [2.24, 2.45) is 5.41 Å². The molecule has 11 nitrogen and oxygen atoms in total. The van der Waals surface area contributed by atoms with E-state index in [-0.39, 0.29) is 43.1 Å². The first kappa shape index (κ1) is 37.8. The van der Waals surface area contributed by atoms with Crippen molar-refractivity contribution in [1.29, 1.82) is 0 Å². The maximum absolute atomic E-state index is 16.0. The largest absolute Gasteiger partial charge is 0.444 e. The normalized spacial score (nSPS) is 22.9. The van der Waals surface area contributed by atoms with E-state index in [2.05, 4.69) is 25.8 Å². The maximum Gasteiger partial charge on any atom is 0.410 e. The second-order valence-electron chi connectivity index (χ2n) is 17.1. The van der Waals surface area contributed by atoms with Crippen LogP contribution in [0.4, 0.5) is 13.6 Å². The van der Waals surface area contributed by atoms with E-state index in [9.17, 15) is 14.4 Å². The smallest absolute Gasteiger partial charge is 0.410 e. The first-order chi connectivity index (χ1) is 25.6. The number of fused-ring (bicyclic) bond motifs is 2. The van der Waals surface area contributed by atoms with Gasteiger partial charge in [0.25, 0.3) is 5.91 Å². The molecule has 2 aliphatic heterocycles. The summed E-state index contributed by atoms with van der Waals surface area (Å²) in [5.74, 6) is -0.795. The number of aromatic nitrogens is 4. The van der Waals surface area contributed by atoms with Crippen LogP contribution in [0.1, 0.15) is 127 Å². The van der Waals surface area contributed by atoms with E-state index in [4.69, 9.17) is 14.7 Å². The number of ether oxygens (including phenoxy) is 1. The predicted molar refractivity (Wildman–Crippen MR) is 203 cm³/mol. The van der Waals surface area contributed by atoms with Gasteiger partial charge >= 0.3 is 6.09 Å². The first-order valence-electron chi connectivity index (χ1n) is 19.6. The lowest BCUT2D eigenvalue weighted by molar-refractivity contribution is -0.130. The minimum Gasteiger partial charge on any atom is -0.444 e. The second-order valence-corrected chi connectivity index (χ2v) is 17.1. The number of rotatable bonds is 4. The van der Waals surface area contributed by atoms with E-state index >= 15 is 8.78 Å². The van der Waals surface area contributed by atoms with E-state index in [0.717, 1.165) is 73.8 Å². The lowest BCUT2D eigenvalue weighted by atomic mass is 9.85. The molecule has 1 saturated heterocycles. The zero-order valence-corrected chi connectivity index (χ0v) is 32.3. The molecule has 1 aliphatic carbocycles. The summed E-state index contributed by atoms with van der Waals surface area (Å²) in [6, 6.07) is 7.69. The van der Waals surface area contributed by atoms with Crippen LogP contribution in [0, 0.1) is 11.2 Å².